The molecule has 2 N–H and O–H groups in total. The summed E-state index contributed by atoms with van der Waals surface area (Å²) >= 11 is 5.87. The van der Waals surface area contributed by atoms with Crippen LogP contribution in [0, 0.1) is 0 Å². The van der Waals surface area contributed by atoms with E-state index in [9.17, 15) is 23.5 Å². The fourth-order valence-electron chi connectivity index (χ4n) is 3.11. The highest BCUT2D eigenvalue weighted by atomic mass is 35.5. The number of halogens is 3. The monoisotopic (exact) mass is 528 g/mol. The normalized spacial score (nSPS) is 12.1. The van der Waals surface area contributed by atoms with E-state index in [1.54, 1.807) is 55.5 Å². The molecular weight excluding hydrogens is 498 g/mol. The molecule has 2 aromatic carbocycles. The highest BCUT2D eigenvalue weighted by molar-refractivity contribution is 6.30. The molecule has 0 saturated carbocycles. The number of hydrogen-bond acceptors (Lipinski definition) is 5. The van der Waals surface area contributed by atoms with E-state index < -0.39 is 30.6 Å². The van der Waals surface area contributed by atoms with Gasteiger partial charge in [0.2, 0.25) is 0 Å². The number of hydrogen-bond donors (Lipinski definition) is 2. The quantitative estimate of drug-likeness (QED) is 0.317. The molecule has 0 aromatic heterocycles. The van der Waals surface area contributed by atoms with E-state index in [2.05, 4.69) is 5.32 Å². The van der Waals surface area contributed by atoms with Gasteiger partial charge >= 0.3 is 12.0 Å². The lowest BCUT2D eigenvalue weighted by molar-refractivity contribution is -0.149. The number of anilines is 1. The molecule has 0 fully saturated rings. The van der Waals surface area contributed by atoms with Crippen molar-refractivity contribution < 1.29 is 37.7 Å². The van der Waals surface area contributed by atoms with Crippen LogP contribution in [0.25, 0.3) is 0 Å². The van der Waals surface area contributed by atoms with Gasteiger partial charge in [-0.15, -0.1) is 0 Å². The lowest BCUT2D eigenvalue weighted by atomic mass is 10.1. The Hall–Kier alpha value is -2.95. The number of carbonyl (C=O) groups excluding carboxylic acids is 1. The number of carboxylic acids is 1. The minimum atomic E-state index is -2.96. The van der Waals surface area contributed by atoms with Crippen LogP contribution in [0.3, 0.4) is 0 Å². The number of ether oxygens (including phenoxy) is 3. The van der Waals surface area contributed by atoms with Gasteiger partial charge in [0, 0.05) is 37.2 Å². The zero-order chi connectivity index (χ0) is 26.6. The molecule has 0 aliphatic heterocycles. The van der Waals surface area contributed by atoms with Gasteiger partial charge in [0.05, 0.1) is 13.2 Å². The molecule has 1 unspecified atom stereocenters. The zero-order valence-electron chi connectivity index (χ0n) is 20.2. The minimum absolute atomic E-state index is 0.0727. The molecule has 2 amide bonds. The van der Waals surface area contributed by atoms with Crippen molar-refractivity contribution in [2.24, 2.45) is 0 Å². The number of benzene rings is 2. The maximum absolute atomic E-state index is 13.0. The van der Waals surface area contributed by atoms with E-state index in [-0.39, 0.29) is 32.7 Å². The SMILES string of the molecule is CCOC(Cc1ccc(OCCN(CCOCC(C)(F)F)C(=O)Nc2ccc(Cl)cc2)cc1)C(=O)O. The van der Waals surface area contributed by atoms with Gasteiger partial charge in [-0.3, -0.25) is 0 Å². The van der Waals surface area contributed by atoms with Gasteiger partial charge in [0.15, 0.2) is 6.10 Å². The summed E-state index contributed by atoms with van der Waals surface area (Å²) in [5.41, 5.74) is 1.30. The Bertz CT molecular complexity index is 955. The third kappa shape index (κ3) is 11.2. The van der Waals surface area contributed by atoms with E-state index in [1.807, 2.05) is 0 Å². The second kappa shape index (κ2) is 14.6. The summed E-state index contributed by atoms with van der Waals surface area (Å²) in [7, 11) is 0. The minimum Gasteiger partial charge on any atom is -0.492 e. The van der Waals surface area contributed by atoms with Crippen molar-refractivity contribution in [1.29, 1.82) is 0 Å². The van der Waals surface area contributed by atoms with E-state index in [1.165, 1.54) is 4.90 Å². The summed E-state index contributed by atoms with van der Waals surface area (Å²) in [4.78, 5) is 25.4. The first-order chi connectivity index (χ1) is 17.1. The Balaban J connectivity index is 1.92. The molecule has 0 heterocycles. The van der Waals surface area contributed by atoms with Crippen LogP contribution in [0.1, 0.15) is 19.4 Å². The van der Waals surface area contributed by atoms with Crippen molar-refractivity contribution in [2.45, 2.75) is 32.3 Å². The average molecular weight is 529 g/mol. The van der Waals surface area contributed by atoms with Crippen molar-refractivity contribution in [3.8, 4) is 5.75 Å². The molecule has 198 valence electrons. The molecule has 11 heteroatoms. The van der Waals surface area contributed by atoms with Crippen LogP contribution >= 0.6 is 11.6 Å². The summed E-state index contributed by atoms with van der Waals surface area (Å²) in [5.74, 6) is -3.46. The average Bonchev–Trinajstić information content (AvgIpc) is 2.82. The summed E-state index contributed by atoms with van der Waals surface area (Å²) < 4.78 is 42.0. The standard InChI is InChI=1S/C25H31ClF2N2O6/c1-3-35-22(23(31)32)16-18-4-10-21(11-5-18)36-15-13-30(12-14-34-17-25(2,27)28)24(33)29-20-8-6-19(26)7-9-20/h4-11,22H,3,12-17H2,1-2H3,(H,29,33)(H,31,32). The summed E-state index contributed by atoms with van der Waals surface area (Å²) in [6, 6.07) is 13.0. The van der Waals surface area contributed by atoms with E-state index >= 15 is 0 Å². The summed E-state index contributed by atoms with van der Waals surface area (Å²) in [6.45, 7) is 2.35. The molecule has 8 nitrogen and oxygen atoms in total. The third-order valence-electron chi connectivity index (χ3n) is 4.86. The van der Waals surface area contributed by atoms with Crippen molar-refractivity contribution in [1.82, 2.24) is 4.90 Å². The van der Waals surface area contributed by atoms with Crippen LogP contribution < -0.4 is 10.1 Å². The van der Waals surface area contributed by atoms with Gasteiger partial charge in [-0.2, -0.15) is 0 Å². The molecule has 0 radical (unpaired) electrons. The van der Waals surface area contributed by atoms with Crippen LogP contribution in [0.15, 0.2) is 48.5 Å². The number of aliphatic carboxylic acids is 1. The Morgan fingerprint density at radius 3 is 2.31 bits per heavy atom. The first-order valence-corrected chi connectivity index (χ1v) is 11.8. The Labute approximate surface area is 214 Å². The van der Waals surface area contributed by atoms with Gasteiger partial charge in [-0.1, -0.05) is 23.7 Å². The van der Waals surface area contributed by atoms with Crippen molar-refractivity contribution in [2.75, 3.05) is 44.8 Å². The van der Waals surface area contributed by atoms with Gasteiger partial charge < -0.3 is 29.5 Å². The molecular formula is C25H31ClF2N2O6. The maximum Gasteiger partial charge on any atom is 0.333 e. The lowest BCUT2D eigenvalue weighted by Gasteiger charge is -2.23. The van der Waals surface area contributed by atoms with Crippen LogP contribution in [0.4, 0.5) is 19.3 Å². The lowest BCUT2D eigenvalue weighted by Crippen LogP contribution is -2.40. The number of amides is 2. The topological polar surface area (TPSA) is 97.3 Å². The molecule has 0 spiro atoms. The number of rotatable bonds is 15. The van der Waals surface area contributed by atoms with Crippen molar-refractivity contribution in [3.63, 3.8) is 0 Å². The molecule has 0 bridgehead atoms. The second-order valence-electron chi connectivity index (χ2n) is 8.03. The van der Waals surface area contributed by atoms with Crippen LogP contribution in [-0.2, 0) is 20.7 Å². The van der Waals surface area contributed by atoms with Gasteiger partial charge in [0.1, 0.15) is 19.0 Å². The molecule has 36 heavy (non-hydrogen) atoms. The van der Waals surface area contributed by atoms with Gasteiger partial charge in [0.25, 0.3) is 5.92 Å². The van der Waals surface area contributed by atoms with Crippen molar-refractivity contribution >= 4 is 29.3 Å². The molecule has 0 aliphatic rings. The number of nitrogens with one attached hydrogen (secondary N) is 1. The largest absolute Gasteiger partial charge is 0.492 e. The third-order valence-corrected chi connectivity index (χ3v) is 5.11. The fourth-order valence-corrected chi connectivity index (χ4v) is 3.23. The number of alkyl halides is 2. The first kappa shape index (κ1) is 29.3. The molecule has 2 rings (SSSR count). The Kier molecular flexibility index (Phi) is 11.9. The fraction of sp³-hybridized carbons (Fsp3) is 0.440. The predicted molar refractivity (Wildman–Crippen MR) is 132 cm³/mol. The van der Waals surface area contributed by atoms with E-state index in [0.29, 0.717) is 23.1 Å². The molecule has 2 aromatic rings. The highest BCUT2D eigenvalue weighted by Gasteiger charge is 2.22. The van der Waals surface area contributed by atoms with Gasteiger partial charge in [-0.25, -0.2) is 18.4 Å². The van der Waals surface area contributed by atoms with Crippen LogP contribution in [0.2, 0.25) is 5.02 Å². The highest BCUT2D eigenvalue weighted by Crippen LogP contribution is 2.16. The van der Waals surface area contributed by atoms with Crippen LogP contribution in [0.5, 0.6) is 5.75 Å². The smallest absolute Gasteiger partial charge is 0.333 e. The van der Waals surface area contributed by atoms with E-state index in [0.717, 1.165) is 12.5 Å². The second-order valence-corrected chi connectivity index (χ2v) is 8.46. The number of carbonyl (C=O) groups is 2. The molecule has 0 aliphatic carbocycles. The van der Waals surface area contributed by atoms with Gasteiger partial charge in [-0.05, 0) is 48.9 Å². The summed E-state index contributed by atoms with van der Waals surface area (Å²) in [5, 5.41) is 12.5. The predicted octanol–water partition coefficient (Wildman–Crippen LogP) is 4.96. The van der Waals surface area contributed by atoms with E-state index in [4.69, 9.17) is 25.8 Å². The Morgan fingerprint density at radius 1 is 1.08 bits per heavy atom. The maximum atomic E-state index is 13.0. The molecule has 1 atom stereocenters. The summed E-state index contributed by atoms with van der Waals surface area (Å²) in [6.07, 6.45) is -0.705. The number of carboxylic acid groups (broad SMARTS) is 1. The molecule has 0 saturated heterocycles. The van der Waals surface area contributed by atoms with Crippen molar-refractivity contribution in [3.05, 3.63) is 59.1 Å². The number of nitrogens with zero attached hydrogens (tertiary/aromatic N) is 1. The zero-order valence-corrected chi connectivity index (χ0v) is 21.0. The number of urea groups is 1. The van der Waals surface area contributed by atoms with Crippen LogP contribution in [-0.4, -0.2) is 73.6 Å². The Morgan fingerprint density at radius 2 is 1.72 bits per heavy atom. The first-order valence-electron chi connectivity index (χ1n) is 11.4.